The average Bonchev–Trinajstić information content (AvgIpc) is 3.46. The van der Waals surface area contributed by atoms with Crippen LogP contribution in [0.2, 0.25) is 0 Å². The minimum Gasteiger partial charge on any atom is -0.507 e. The van der Waals surface area contributed by atoms with Gasteiger partial charge in [0.1, 0.15) is 23.1 Å². The highest BCUT2D eigenvalue weighted by Crippen LogP contribution is 2.44. The van der Waals surface area contributed by atoms with E-state index < -0.39 is 23.5 Å². The van der Waals surface area contributed by atoms with E-state index in [0.717, 1.165) is 24.2 Å². The second-order valence-corrected chi connectivity index (χ2v) is 9.79. The molecule has 1 amide bonds. The number of hydrogen-bond donors (Lipinski definition) is 1. The number of carbonyl (C=O) groups excluding carboxylic acids is 2. The summed E-state index contributed by atoms with van der Waals surface area (Å²) in [7, 11) is 1.50. The number of anilines is 1. The van der Waals surface area contributed by atoms with Gasteiger partial charge in [0, 0.05) is 5.56 Å². The molecule has 1 aliphatic heterocycles. The maximum atomic E-state index is 13.9. The Kier molecular flexibility index (Phi) is 7.11. The van der Waals surface area contributed by atoms with Crippen LogP contribution >= 0.6 is 11.3 Å². The summed E-state index contributed by atoms with van der Waals surface area (Å²) in [6, 6.07) is 16.9. The Labute approximate surface area is 222 Å². The molecule has 4 aromatic rings. The predicted molar refractivity (Wildman–Crippen MR) is 144 cm³/mol. The van der Waals surface area contributed by atoms with Gasteiger partial charge in [0.25, 0.3) is 5.78 Å². The third-order valence-corrected chi connectivity index (χ3v) is 7.31. The largest absolute Gasteiger partial charge is 0.507 e. The van der Waals surface area contributed by atoms with E-state index >= 15 is 0 Å². The van der Waals surface area contributed by atoms with Gasteiger partial charge in [0.2, 0.25) is 0 Å². The Morgan fingerprint density at radius 2 is 1.87 bits per heavy atom. The molecule has 2 heterocycles. The van der Waals surface area contributed by atoms with E-state index in [1.54, 1.807) is 48.5 Å². The van der Waals surface area contributed by atoms with Crippen molar-refractivity contribution < 1.29 is 28.6 Å². The van der Waals surface area contributed by atoms with Crippen molar-refractivity contribution in [2.24, 2.45) is 0 Å². The standard InChI is InChI=1S/C29H25FN2O5S/c1-3-4-14-37-20-11-8-17(9-12-20)25-24(26(33)18-6-5-7-21(15-18)36-2)27(34)28(35)32(25)29-31-22-13-10-19(30)16-23(22)38-29/h5-13,15-16,25,33H,3-4,14H2,1-2H3. The van der Waals surface area contributed by atoms with Crippen LogP contribution in [-0.4, -0.2) is 35.5 Å². The summed E-state index contributed by atoms with van der Waals surface area (Å²) in [6.45, 7) is 2.65. The number of aliphatic hydroxyl groups is 1. The van der Waals surface area contributed by atoms with Crippen molar-refractivity contribution in [2.75, 3.05) is 18.6 Å². The summed E-state index contributed by atoms with van der Waals surface area (Å²) in [5.41, 5.74) is 1.34. The van der Waals surface area contributed by atoms with Crippen molar-refractivity contribution in [3.05, 3.63) is 89.2 Å². The van der Waals surface area contributed by atoms with Crippen LogP contribution in [0.1, 0.15) is 36.9 Å². The number of aliphatic hydroxyl groups excluding tert-OH is 1. The molecule has 1 N–H and O–H groups in total. The predicted octanol–water partition coefficient (Wildman–Crippen LogP) is 6.25. The molecule has 1 aliphatic rings. The molecule has 1 saturated heterocycles. The zero-order valence-corrected chi connectivity index (χ0v) is 21.6. The highest BCUT2D eigenvalue weighted by Gasteiger charge is 2.48. The molecular weight excluding hydrogens is 507 g/mol. The van der Waals surface area contributed by atoms with Crippen LogP contribution in [-0.2, 0) is 9.59 Å². The fourth-order valence-corrected chi connectivity index (χ4v) is 5.36. The molecule has 5 rings (SSSR count). The van der Waals surface area contributed by atoms with E-state index in [9.17, 15) is 19.1 Å². The number of halogens is 1. The number of Topliss-reactive ketones (excluding diaryl/α,β-unsaturated/α-hetero) is 1. The first-order valence-electron chi connectivity index (χ1n) is 12.2. The molecule has 0 radical (unpaired) electrons. The topological polar surface area (TPSA) is 89.0 Å². The molecule has 7 nitrogen and oxygen atoms in total. The third-order valence-electron chi connectivity index (χ3n) is 6.30. The maximum absolute atomic E-state index is 13.9. The lowest BCUT2D eigenvalue weighted by molar-refractivity contribution is -0.132. The van der Waals surface area contributed by atoms with Crippen LogP contribution in [0.25, 0.3) is 16.0 Å². The van der Waals surface area contributed by atoms with Crippen molar-refractivity contribution in [1.29, 1.82) is 0 Å². The number of aromatic nitrogens is 1. The van der Waals surface area contributed by atoms with E-state index in [1.807, 2.05) is 0 Å². The summed E-state index contributed by atoms with van der Waals surface area (Å²) < 4.78 is 25.4. The van der Waals surface area contributed by atoms with Gasteiger partial charge in [-0.15, -0.1) is 0 Å². The normalized spacial score (nSPS) is 16.8. The number of ketones is 1. The van der Waals surface area contributed by atoms with Crippen LogP contribution in [0.15, 0.2) is 72.3 Å². The van der Waals surface area contributed by atoms with Crippen molar-refractivity contribution in [2.45, 2.75) is 25.8 Å². The Balaban J connectivity index is 1.64. The summed E-state index contributed by atoms with van der Waals surface area (Å²) >= 11 is 1.10. The van der Waals surface area contributed by atoms with E-state index in [4.69, 9.17) is 9.47 Å². The van der Waals surface area contributed by atoms with E-state index in [-0.39, 0.29) is 16.5 Å². The summed E-state index contributed by atoms with van der Waals surface area (Å²) in [6.07, 6.45) is 1.92. The summed E-state index contributed by atoms with van der Waals surface area (Å²) in [4.78, 5) is 32.6. The minimum atomic E-state index is -0.962. The van der Waals surface area contributed by atoms with Gasteiger partial charge in [-0.3, -0.25) is 14.5 Å². The number of ether oxygens (including phenoxy) is 2. The summed E-state index contributed by atoms with van der Waals surface area (Å²) in [5.74, 6) is -1.29. The molecule has 1 atom stereocenters. The maximum Gasteiger partial charge on any atom is 0.301 e. The number of benzene rings is 3. The van der Waals surface area contributed by atoms with Crippen molar-refractivity contribution in [3.8, 4) is 11.5 Å². The van der Waals surface area contributed by atoms with Crippen LogP contribution in [0, 0.1) is 5.82 Å². The number of unbranched alkanes of at least 4 members (excludes halogenated alkanes) is 1. The smallest absolute Gasteiger partial charge is 0.301 e. The average molecular weight is 533 g/mol. The lowest BCUT2D eigenvalue weighted by atomic mass is 9.95. The van der Waals surface area contributed by atoms with Crippen LogP contribution in [0.4, 0.5) is 9.52 Å². The quantitative estimate of drug-likeness (QED) is 0.125. The number of rotatable bonds is 8. The van der Waals surface area contributed by atoms with Crippen molar-refractivity contribution in [1.82, 2.24) is 4.98 Å². The van der Waals surface area contributed by atoms with E-state index in [2.05, 4.69) is 11.9 Å². The SMILES string of the molecule is CCCCOc1ccc(C2C(=C(O)c3cccc(OC)c3)C(=O)C(=O)N2c2nc3ccc(F)cc3s2)cc1. The number of fused-ring (bicyclic) bond motifs is 1. The highest BCUT2D eigenvalue weighted by atomic mass is 32.1. The van der Waals surface area contributed by atoms with Gasteiger partial charge in [-0.1, -0.05) is 48.9 Å². The molecule has 0 saturated carbocycles. The second kappa shape index (κ2) is 10.6. The van der Waals surface area contributed by atoms with Gasteiger partial charge in [0.05, 0.1) is 35.5 Å². The van der Waals surface area contributed by atoms with Gasteiger partial charge >= 0.3 is 5.91 Å². The van der Waals surface area contributed by atoms with Gasteiger partial charge in [-0.2, -0.15) is 0 Å². The molecule has 3 aromatic carbocycles. The van der Waals surface area contributed by atoms with E-state index in [0.29, 0.717) is 39.4 Å². The van der Waals surface area contributed by atoms with Crippen LogP contribution in [0.3, 0.4) is 0 Å². The van der Waals surface area contributed by atoms with Crippen LogP contribution in [0.5, 0.6) is 11.5 Å². The molecule has 194 valence electrons. The van der Waals surface area contributed by atoms with Crippen molar-refractivity contribution in [3.63, 3.8) is 0 Å². The monoisotopic (exact) mass is 532 g/mol. The van der Waals surface area contributed by atoms with Gasteiger partial charge in [-0.25, -0.2) is 9.37 Å². The summed E-state index contributed by atoms with van der Waals surface area (Å²) in [5, 5.41) is 11.6. The van der Waals surface area contributed by atoms with Gasteiger partial charge < -0.3 is 14.6 Å². The lowest BCUT2D eigenvalue weighted by Gasteiger charge is -2.23. The lowest BCUT2D eigenvalue weighted by Crippen LogP contribution is -2.29. The van der Waals surface area contributed by atoms with E-state index in [1.165, 1.54) is 30.2 Å². The number of amides is 1. The van der Waals surface area contributed by atoms with Crippen LogP contribution < -0.4 is 14.4 Å². The minimum absolute atomic E-state index is 0.0756. The Hall–Kier alpha value is -4.24. The molecule has 0 bridgehead atoms. The fraction of sp³-hybridized carbons (Fsp3) is 0.207. The molecular formula is C29H25FN2O5S. The molecule has 9 heteroatoms. The molecule has 1 aromatic heterocycles. The molecule has 1 fully saturated rings. The zero-order chi connectivity index (χ0) is 26.8. The first kappa shape index (κ1) is 25.4. The first-order chi connectivity index (χ1) is 18.4. The number of carbonyl (C=O) groups is 2. The van der Waals surface area contributed by atoms with Crippen molar-refractivity contribution >= 4 is 44.1 Å². The Morgan fingerprint density at radius 1 is 1.08 bits per heavy atom. The Morgan fingerprint density at radius 3 is 2.61 bits per heavy atom. The number of methoxy groups -OCH3 is 1. The Bertz CT molecular complexity index is 1550. The number of thiazole rings is 1. The third kappa shape index (κ3) is 4.72. The molecule has 0 spiro atoms. The zero-order valence-electron chi connectivity index (χ0n) is 20.8. The number of hydrogen-bond acceptors (Lipinski definition) is 7. The highest BCUT2D eigenvalue weighted by molar-refractivity contribution is 7.22. The molecule has 38 heavy (non-hydrogen) atoms. The first-order valence-corrected chi connectivity index (χ1v) is 13.0. The van der Waals surface area contributed by atoms with Gasteiger partial charge in [-0.05, 0) is 54.4 Å². The molecule has 1 unspecified atom stereocenters. The second-order valence-electron chi connectivity index (χ2n) is 8.78. The fourth-order valence-electron chi connectivity index (χ4n) is 4.34. The number of nitrogens with zero attached hydrogens (tertiary/aromatic N) is 2. The molecule has 0 aliphatic carbocycles. The van der Waals surface area contributed by atoms with Gasteiger partial charge in [0.15, 0.2) is 5.13 Å².